The van der Waals surface area contributed by atoms with Crippen LogP contribution in [0.3, 0.4) is 0 Å². The molecule has 2 fully saturated rings. The summed E-state index contributed by atoms with van der Waals surface area (Å²) in [6.45, 7) is 13.9. The van der Waals surface area contributed by atoms with Crippen LogP contribution in [0, 0.1) is 29.9 Å². The van der Waals surface area contributed by atoms with Gasteiger partial charge < -0.3 is 28.7 Å². The van der Waals surface area contributed by atoms with Crippen LogP contribution in [0.4, 0.5) is 43.0 Å². The molecule has 4 atom stereocenters. The molecule has 2 bridgehead atoms. The third-order valence-corrected chi connectivity index (χ3v) is 10.4. The number of rotatable bonds is 7. The van der Waals surface area contributed by atoms with Crippen molar-refractivity contribution in [2.24, 2.45) is 0 Å². The Morgan fingerprint density at radius 2 is 1.74 bits per heavy atom. The highest BCUT2D eigenvalue weighted by Gasteiger charge is 2.61. The molecular weight excluding hydrogens is 769 g/mol. The number of carbonyl (C=O) groups excluding carboxylic acids is 2. The number of pyridine rings is 2. The van der Waals surface area contributed by atoms with Gasteiger partial charge in [0, 0.05) is 42.3 Å². The van der Waals surface area contributed by atoms with E-state index in [9.17, 15) is 28.0 Å². The van der Waals surface area contributed by atoms with Gasteiger partial charge >= 0.3 is 18.5 Å². The van der Waals surface area contributed by atoms with Gasteiger partial charge in [-0.3, -0.25) is 10.2 Å². The summed E-state index contributed by atoms with van der Waals surface area (Å²) in [4.78, 5) is 41.7. The van der Waals surface area contributed by atoms with E-state index in [-0.39, 0.29) is 41.1 Å². The topological polar surface area (TPSA) is 142 Å². The van der Waals surface area contributed by atoms with E-state index >= 15 is 8.78 Å². The van der Waals surface area contributed by atoms with Crippen LogP contribution >= 0.6 is 0 Å². The summed E-state index contributed by atoms with van der Waals surface area (Å²) in [5.74, 6) is -4.03. The summed E-state index contributed by atoms with van der Waals surface area (Å²) in [6, 6.07) is 2.55. The highest BCUT2D eigenvalue weighted by molar-refractivity contribution is 6.02. The maximum atomic E-state index is 17.6. The maximum Gasteiger partial charge on any atom is 0.573 e. The van der Waals surface area contributed by atoms with Gasteiger partial charge in [0.1, 0.15) is 28.8 Å². The molecule has 5 heterocycles. The van der Waals surface area contributed by atoms with Crippen molar-refractivity contribution in [1.29, 1.82) is 5.26 Å². The lowest BCUT2D eigenvalue weighted by atomic mass is 9.89. The number of nitrogens with one attached hydrogen (secondary N) is 1. The highest BCUT2D eigenvalue weighted by atomic mass is 19.4. The third kappa shape index (κ3) is 8.23. The molecule has 58 heavy (non-hydrogen) atoms. The predicted octanol–water partition coefficient (Wildman–Crippen LogP) is 8.25. The van der Waals surface area contributed by atoms with Crippen LogP contribution in [0.15, 0.2) is 12.1 Å². The van der Waals surface area contributed by atoms with E-state index < -0.39 is 82.1 Å². The predicted molar refractivity (Wildman–Crippen MR) is 204 cm³/mol. The molecule has 1 aromatic carbocycles. The minimum Gasteiger partial charge on any atom is -0.472 e. The van der Waals surface area contributed by atoms with Gasteiger partial charge in [-0.15, -0.1) is 13.2 Å². The minimum atomic E-state index is -5.41. The van der Waals surface area contributed by atoms with Gasteiger partial charge in [0.05, 0.1) is 41.1 Å². The van der Waals surface area contributed by atoms with Gasteiger partial charge in [-0.05, 0) is 94.0 Å². The first-order valence-electron chi connectivity index (χ1n) is 18.9. The molecule has 314 valence electrons. The van der Waals surface area contributed by atoms with E-state index in [0.717, 1.165) is 6.07 Å². The van der Waals surface area contributed by atoms with Crippen molar-refractivity contribution in [1.82, 2.24) is 19.8 Å². The Morgan fingerprint density at radius 1 is 1.07 bits per heavy atom. The Bertz CT molecular complexity index is 2180. The first-order chi connectivity index (χ1) is 26.8. The van der Waals surface area contributed by atoms with Gasteiger partial charge in [0.25, 0.3) is 0 Å². The summed E-state index contributed by atoms with van der Waals surface area (Å²) in [7, 11) is 3.71. The van der Waals surface area contributed by atoms with Gasteiger partial charge in [-0.25, -0.2) is 28.3 Å². The second-order valence-electron chi connectivity index (χ2n) is 17.4. The molecule has 13 nitrogen and oxygen atoms in total. The summed E-state index contributed by atoms with van der Waals surface area (Å²) in [6.07, 6.45) is -6.65. The molecular formula is C40H48F5N7O6. The van der Waals surface area contributed by atoms with E-state index in [1.165, 1.54) is 0 Å². The lowest BCUT2D eigenvalue weighted by Gasteiger charge is -2.53. The number of hydrogen-bond donors (Lipinski definition) is 1. The number of piperazine rings is 1. The number of hydrogen-bond acceptors (Lipinski definition) is 11. The zero-order valence-corrected chi connectivity index (χ0v) is 34.2. The molecule has 1 N–H and O–H groups in total. The first-order valence-corrected chi connectivity index (χ1v) is 18.9. The van der Waals surface area contributed by atoms with Crippen LogP contribution in [-0.4, -0.2) is 100 Å². The van der Waals surface area contributed by atoms with Crippen molar-refractivity contribution in [3.8, 4) is 29.0 Å². The summed E-state index contributed by atoms with van der Waals surface area (Å²) >= 11 is 0. The monoisotopic (exact) mass is 817 g/mol. The number of anilines is 2. The molecule has 6 rings (SSSR count). The van der Waals surface area contributed by atoms with Crippen molar-refractivity contribution >= 4 is 34.5 Å². The number of aryl methyl sites for hydroxylation is 1. The standard InChI is InChI=1S/C40H48F5N7O6/c1-20-25(12-16-50(9)10)48-33-28-27(20)29(42)30(23-17-22(47-35(53)57-37(3,4)5)18-24(41)32(23)56-40(43,44)45)49-34(28)55-21(2)31-26-11-13-39(14-15-46,19-51(31)33)52(26)36(54)58-38(6,7)8/h17-18,21,26,31H,11-14,16,19H2,1-10H3,(H,47,53)/t21-,26-,31+,39-/m0/s1. The molecule has 0 radical (unpaired) electrons. The zero-order chi connectivity index (χ0) is 42.9. The number of aromatic nitrogens is 2. The van der Waals surface area contributed by atoms with Crippen LogP contribution in [0.1, 0.15) is 79.0 Å². The number of fused-ring (bicyclic) bond motifs is 5. The Morgan fingerprint density at radius 3 is 2.34 bits per heavy atom. The van der Waals surface area contributed by atoms with Crippen molar-refractivity contribution < 1.29 is 50.5 Å². The number of nitrogens with zero attached hydrogens (tertiary/aromatic N) is 6. The van der Waals surface area contributed by atoms with E-state index in [1.54, 1.807) is 60.3 Å². The quantitative estimate of drug-likeness (QED) is 0.230. The van der Waals surface area contributed by atoms with Crippen LogP contribution < -0.4 is 19.7 Å². The lowest BCUT2D eigenvalue weighted by molar-refractivity contribution is -0.275. The maximum absolute atomic E-state index is 17.6. The van der Waals surface area contributed by atoms with E-state index in [0.29, 0.717) is 43.1 Å². The largest absolute Gasteiger partial charge is 0.573 e. The second-order valence-corrected chi connectivity index (χ2v) is 17.4. The molecule has 0 spiro atoms. The zero-order valence-electron chi connectivity index (χ0n) is 34.2. The molecule has 0 aliphatic carbocycles. The number of benzene rings is 1. The number of amides is 2. The molecule has 3 aromatic rings. The molecule has 0 saturated carbocycles. The minimum absolute atomic E-state index is 0.0384. The third-order valence-electron chi connectivity index (χ3n) is 10.4. The van der Waals surface area contributed by atoms with E-state index in [2.05, 4.69) is 21.1 Å². The second kappa shape index (κ2) is 14.9. The molecule has 18 heteroatoms. The number of carbonyl (C=O) groups is 2. The van der Waals surface area contributed by atoms with Gasteiger partial charge in [-0.1, -0.05) is 0 Å². The first kappa shape index (κ1) is 42.4. The van der Waals surface area contributed by atoms with Crippen molar-refractivity contribution in [3.05, 3.63) is 35.0 Å². The lowest BCUT2D eigenvalue weighted by Crippen LogP contribution is -2.70. The van der Waals surface area contributed by atoms with Gasteiger partial charge in [0.15, 0.2) is 17.4 Å². The molecule has 2 saturated heterocycles. The number of ether oxygens (including phenoxy) is 4. The summed E-state index contributed by atoms with van der Waals surface area (Å²) in [5, 5.41) is 12.4. The highest BCUT2D eigenvalue weighted by Crippen LogP contribution is 2.52. The number of likely N-dealkylation sites (N-methyl/N-ethyl adjacent to an activating group) is 1. The van der Waals surface area contributed by atoms with E-state index in [1.807, 2.05) is 23.9 Å². The van der Waals surface area contributed by atoms with Crippen LogP contribution in [0.5, 0.6) is 11.6 Å². The molecule has 3 aliphatic heterocycles. The molecule has 0 unspecified atom stereocenters. The average Bonchev–Trinajstić information content (AvgIpc) is 3.27. The summed E-state index contributed by atoms with van der Waals surface area (Å²) in [5.41, 5.74) is -3.94. The fraction of sp³-hybridized carbons (Fsp3) is 0.575. The Labute approximate surface area is 333 Å². The molecule has 2 amide bonds. The average molecular weight is 818 g/mol. The van der Waals surface area contributed by atoms with Crippen molar-refractivity contribution in [2.45, 2.75) is 122 Å². The van der Waals surface area contributed by atoms with Crippen LogP contribution in [-0.2, 0) is 15.9 Å². The van der Waals surface area contributed by atoms with E-state index in [4.69, 9.17) is 19.2 Å². The summed E-state index contributed by atoms with van der Waals surface area (Å²) < 4.78 is 96.7. The Hall–Kier alpha value is -5.18. The van der Waals surface area contributed by atoms with Crippen LogP contribution in [0.25, 0.3) is 22.0 Å². The Kier molecular flexibility index (Phi) is 10.9. The number of halogens is 5. The van der Waals surface area contributed by atoms with Crippen molar-refractivity contribution in [3.63, 3.8) is 0 Å². The number of alkyl halides is 3. The molecule has 2 aromatic heterocycles. The number of nitriles is 1. The Balaban J connectivity index is 1.61. The van der Waals surface area contributed by atoms with Crippen LogP contribution in [0.2, 0.25) is 0 Å². The van der Waals surface area contributed by atoms with Crippen molar-refractivity contribution in [2.75, 3.05) is 37.4 Å². The van der Waals surface area contributed by atoms with Gasteiger partial charge in [0.2, 0.25) is 5.88 Å². The SMILES string of the molecule is Cc1c(CCN(C)C)nc2c3c(nc(-c4cc(NC(=O)OC(C)(C)C)cc(F)c4OC(F)(F)F)c(F)c13)O[C@@H](C)[C@@H]1[C@@H]3CC[C@](CC#N)(CN21)N3C(=O)OC(C)(C)C. The normalized spacial score (nSPS) is 21.6. The fourth-order valence-electron chi connectivity index (χ4n) is 8.21. The van der Waals surface area contributed by atoms with Gasteiger partial charge in [-0.2, -0.15) is 5.26 Å². The smallest absolute Gasteiger partial charge is 0.472 e. The fourth-order valence-corrected chi connectivity index (χ4v) is 8.21. The molecule has 3 aliphatic rings.